The summed E-state index contributed by atoms with van der Waals surface area (Å²) in [4.78, 5) is 8.11. The normalized spacial score (nSPS) is 10.4. The molecule has 0 atom stereocenters. The van der Waals surface area contributed by atoms with Crippen molar-refractivity contribution in [2.24, 2.45) is 16.5 Å². The smallest absolute Gasteiger partial charge is 0.200 e. The zero-order valence-corrected chi connectivity index (χ0v) is 11.4. The minimum Gasteiger partial charge on any atom is -0.376 e. The molecule has 0 aliphatic rings. The number of rotatable bonds is 5. The molecule has 6 heteroatoms. The van der Waals surface area contributed by atoms with Gasteiger partial charge in [-0.25, -0.2) is 4.99 Å². The Balaban J connectivity index is 2.25. The lowest BCUT2D eigenvalue weighted by atomic mass is 10.2. The van der Waals surface area contributed by atoms with E-state index in [1.165, 1.54) is 6.20 Å². The van der Waals surface area contributed by atoms with Gasteiger partial charge >= 0.3 is 0 Å². The first-order valence-electron chi connectivity index (χ1n) is 5.87. The highest BCUT2D eigenvalue weighted by Crippen LogP contribution is 2.01. The van der Waals surface area contributed by atoms with E-state index in [0.29, 0.717) is 0 Å². The van der Waals surface area contributed by atoms with E-state index < -0.39 is 0 Å². The van der Waals surface area contributed by atoms with Crippen molar-refractivity contribution in [3.63, 3.8) is 0 Å². The number of allylic oxidation sites excluding steroid dienone is 1. The van der Waals surface area contributed by atoms with E-state index in [4.69, 9.17) is 11.5 Å². The molecule has 1 rings (SSSR count). The Labute approximate surface area is 118 Å². The van der Waals surface area contributed by atoms with E-state index in [9.17, 15) is 0 Å². The number of pyridine rings is 1. The summed E-state index contributed by atoms with van der Waals surface area (Å²) >= 11 is 4.61. The molecule has 0 aliphatic carbocycles. The Hall–Kier alpha value is -2.17. The zero-order valence-electron chi connectivity index (χ0n) is 10.5. The maximum absolute atomic E-state index is 5.47. The number of thiocarbonyl (C=S) groups is 1. The largest absolute Gasteiger partial charge is 0.376 e. The van der Waals surface area contributed by atoms with Crippen LogP contribution in [0.3, 0.4) is 0 Å². The fraction of sp³-hybridized carbons (Fsp3) is 0.231. The summed E-state index contributed by atoms with van der Waals surface area (Å²) in [5, 5.41) is 2.60. The summed E-state index contributed by atoms with van der Waals surface area (Å²) in [6, 6.07) is 5.92. The van der Waals surface area contributed by atoms with Gasteiger partial charge in [0.2, 0.25) is 0 Å². The van der Waals surface area contributed by atoms with E-state index in [2.05, 4.69) is 33.2 Å². The highest BCUT2D eigenvalue weighted by molar-refractivity contribution is 7.80. The molecule has 0 unspecified atom stereocenters. The van der Waals surface area contributed by atoms with Crippen molar-refractivity contribution in [3.8, 4) is 0 Å². The molecule has 0 saturated heterocycles. The van der Waals surface area contributed by atoms with Crippen molar-refractivity contribution < 1.29 is 0 Å². The van der Waals surface area contributed by atoms with Gasteiger partial charge in [-0.2, -0.15) is 0 Å². The molecular weight excluding hydrogens is 258 g/mol. The highest BCUT2D eigenvalue weighted by atomic mass is 32.1. The summed E-state index contributed by atoms with van der Waals surface area (Å²) in [7, 11) is 0. The number of hydrogen-bond donors (Lipinski definition) is 3. The van der Waals surface area contributed by atoms with E-state index in [1.54, 1.807) is 6.20 Å². The Morgan fingerprint density at radius 2 is 2.32 bits per heavy atom. The molecule has 0 saturated carbocycles. The van der Waals surface area contributed by atoms with E-state index in [-0.39, 0.29) is 11.1 Å². The number of nitrogens with two attached hydrogens (primary N) is 2. The minimum absolute atomic E-state index is 0.0917. The molecule has 0 aliphatic heterocycles. The average Bonchev–Trinajstić information content (AvgIpc) is 2.38. The predicted molar refractivity (Wildman–Crippen MR) is 81.4 cm³/mol. The Bertz CT molecular complexity index is 489. The molecule has 5 nitrogen and oxygen atoms in total. The van der Waals surface area contributed by atoms with Crippen molar-refractivity contribution in [2.45, 2.75) is 19.3 Å². The van der Waals surface area contributed by atoms with Gasteiger partial charge in [-0.3, -0.25) is 4.98 Å². The molecule has 0 spiro atoms. The third-order valence-electron chi connectivity index (χ3n) is 2.15. The molecule has 0 radical (unpaired) electrons. The van der Waals surface area contributed by atoms with Gasteiger partial charge in [0.25, 0.3) is 0 Å². The summed E-state index contributed by atoms with van der Waals surface area (Å²) in [6.45, 7) is 0. The molecule has 0 fully saturated rings. The van der Waals surface area contributed by atoms with Crippen molar-refractivity contribution in [3.05, 3.63) is 48.1 Å². The number of nitrogens with one attached hydrogen (secondary N) is 1. The van der Waals surface area contributed by atoms with Gasteiger partial charge in [0, 0.05) is 11.9 Å². The van der Waals surface area contributed by atoms with Crippen LogP contribution in [0.4, 0.5) is 0 Å². The van der Waals surface area contributed by atoms with Gasteiger partial charge in [-0.05, 0) is 49.7 Å². The minimum atomic E-state index is 0.0917. The van der Waals surface area contributed by atoms with Crippen LogP contribution in [0.5, 0.6) is 0 Å². The molecule has 1 aromatic heterocycles. The second-order valence-corrected chi connectivity index (χ2v) is 4.16. The third-order valence-corrected chi connectivity index (χ3v) is 2.26. The van der Waals surface area contributed by atoms with Crippen LogP contribution in [0.25, 0.3) is 0 Å². The van der Waals surface area contributed by atoms with Gasteiger partial charge in [0.1, 0.15) is 0 Å². The van der Waals surface area contributed by atoms with E-state index >= 15 is 0 Å². The number of unbranched alkanes of at least 4 members (excludes halogenated alkanes) is 1. The van der Waals surface area contributed by atoms with Crippen LogP contribution in [0.1, 0.15) is 18.5 Å². The number of hydrogen-bond acceptors (Lipinski definition) is 3. The van der Waals surface area contributed by atoms with E-state index in [0.717, 1.165) is 25.0 Å². The maximum atomic E-state index is 5.47. The number of nitrogens with zero attached hydrogens (tertiary/aromatic N) is 2. The zero-order chi connectivity index (χ0) is 13.9. The molecule has 100 valence electrons. The van der Waals surface area contributed by atoms with Gasteiger partial charge in [0.15, 0.2) is 11.1 Å². The molecule has 0 bridgehead atoms. The van der Waals surface area contributed by atoms with Crippen molar-refractivity contribution >= 4 is 23.3 Å². The van der Waals surface area contributed by atoms with Crippen LogP contribution >= 0.6 is 12.2 Å². The summed E-state index contributed by atoms with van der Waals surface area (Å²) in [6.07, 6.45) is 8.06. The lowest BCUT2D eigenvalue weighted by molar-refractivity contribution is 0.818. The van der Waals surface area contributed by atoms with Crippen molar-refractivity contribution in [2.75, 3.05) is 0 Å². The standard InChI is InChI=1S/C13H17N5S/c14-12(18-13(15)19)17-10-5-2-1-3-7-11-8-4-6-9-16-11/h2,4,6,8-10H,1,3,7H2,(H5,14,15,17,18,19). The van der Waals surface area contributed by atoms with E-state index in [1.807, 2.05) is 24.3 Å². The SMILES string of the molecule is NC(=S)NC(N)=NC=C=CCCCc1ccccn1. The van der Waals surface area contributed by atoms with Gasteiger partial charge in [0.05, 0.1) is 6.20 Å². The van der Waals surface area contributed by atoms with Gasteiger partial charge in [-0.15, -0.1) is 5.73 Å². The lowest BCUT2D eigenvalue weighted by Crippen LogP contribution is -2.39. The maximum Gasteiger partial charge on any atom is 0.200 e. The first kappa shape index (κ1) is 14.9. The molecule has 1 aromatic rings. The number of aromatic nitrogens is 1. The average molecular weight is 275 g/mol. The molecule has 5 N–H and O–H groups in total. The number of aryl methyl sites for hydroxylation is 1. The van der Waals surface area contributed by atoms with Crippen molar-refractivity contribution in [1.29, 1.82) is 0 Å². The highest BCUT2D eigenvalue weighted by Gasteiger charge is 1.91. The lowest BCUT2D eigenvalue weighted by Gasteiger charge is -1.98. The molecule has 0 amide bonds. The second-order valence-electron chi connectivity index (χ2n) is 3.72. The molecular formula is C13H17N5S. The third kappa shape index (κ3) is 7.70. The quantitative estimate of drug-likeness (QED) is 0.247. The predicted octanol–water partition coefficient (Wildman–Crippen LogP) is 1.22. The summed E-state index contributed by atoms with van der Waals surface area (Å²) < 4.78 is 0. The van der Waals surface area contributed by atoms with Gasteiger partial charge < -0.3 is 16.8 Å². The molecule has 1 heterocycles. The Morgan fingerprint density at radius 3 is 3.00 bits per heavy atom. The Morgan fingerprint density at radius 1 is 1.47 bits per heavy atom. The fourth-order valence-corrected chi connectivity index (χ4v) is 1.44. The van der Waals surface area contributed by atoms with Crippen LogP contribution in [-0.2, 0) is 6.42 Å². The van der Waals surface area contributed by atoms with Gasteiger partial charge in [-0.1, -0.05) is 6.07 Å². The van der Waals surface area contributed by atoms with Crippen LogP contribution in [0.15, 0.2) is 47.4 Å². The monoisotopic (exact) mass is 275 g/mol. The number of aliphatic imine (C=N–C) groups is 1. The number of guanidine groups is 1. The van der Waals surface area contributed by atoms with Crippen molar-refractivity contribution in [1.82, 2.24) is 10.3 Å². The van der Waals surface area contributed by atoms with Crippen LogP contribution in [0.2, 0.25) is 0 Å². The summed E-state index contributed by atoms with van der Waals surface area (Å²) in [5.74, 6) is 0.155. The first-order chi connectivity index (χ1) is 9.18. The topological polar surface area (TPSA) is 89.3 Å². The first-order valence-corrected chi connectivity index (χ1v) is 6.28. The second kappa shape index (κ2) is 8.85. The molecule has 19 heavy (non-hydrogen) atoms. The Kier molecular flexibility index (Phi) is 6.94. The van der Waals surface area contributed by atoms with Crippen LogP contribution in [-0.4, -0.2) is 16.1 Å². The summed E-state index contributed by atoms with van der Waals surface area (Å²) in [5.41, 5.74) is 14.7. The van der Waals surface area contributed by atoms with Crippen LogP contribution < -0.4 is 16.8 Å². The van der Waals surface area contributed by atoms with Crippen LogP contribution in [0, 0.1) is 0 Å². The molecule has 0 aromatic carbocycles. The fourth-order valence-electron chi connectivity index (χ4n) is 1.33.